The second-order valence-corrected chi connectivity index (χ2v) is 5.14. The fourth-order valence-corrected chi connectivity index (χ4v) is 1.70. The third kappa shape index (κ3) is 6.72. The van der Waals surface area contributed by atoms with E-state index in [1.807, 2.05) is 37.3 Å². The zero-order valence-corrected chi connectivity index (χ0v) is 13.3. The number of allylic oxidation sites excluding steroid dienone is 3. The van der Waals surface area contributed by atoms with Crippen molar-refractivity contribution in [3.05, 3.63) is 54.1 Å². The van der Waals surface area contributed by atoms with Gasteiger partial charge in [0.05, 0.1) is 0 Å². The van der Waals surface area contributed by atoms with Crippen LogP contribution in [0, 0.1) is 0 Å². The first-order chi connectivity index (χ1) is 10.0. The van der Waals surface area contributed by atoms with Gasteiger partial charge in [-0.3, -0.25) is 15.6 Å². The topological polar surface area (TPSA) is 53.2 Å². The quantitative estimate of drug-likeness (QED) is 0.346. The van der Waals surface area contributed by atoms with Crippen LogP contribution in [0.1, 0.15) is 32.3 Å². The Kier molecular flexibility index (Phi) is 7.18. The third-order valence-corrected chi connectivity index (χ3v) is 2.89. The molecule has 0 radical (unpaired) electrons. The molecule has 0 aliphatic carbocycles. The first kappa shape index (κ1) is 16.9. The van der Waals surface area contributed by atoms with Gasteiger partial charge in [-0.15, -0.1) is 0 Å². The van der Waals surface area contributed by atoms with Crippen LogP contribution in [0.5, 0.6) is 0 Å². The Labute approximate surface area is 131 Å². The molecular formula is C16H21N3OS. The second kappa shape index (κ2) is 8.92. The van der Waals surface area contributed by atoms with Gasteiger partial charge in [-0.2, -0.15) is 0 Å². The van der Waals surface area contributed by atoms with E-state index in [9.17, 15) is 4.79 Å². The molecule has 3 N–H and O–H groups in total. The summed E-state index contributed by atoms with van der Waals surface area (Å²) in [7, 11) is 0. The Bertz CT molecular complexity index is 533. The van der Waals surface area contributed by atoms with Crippen molar-refractivity contribution < 1.29 is 4.79 Å². The largest absolute Gasteiger partial charge is 0.331 e. The van der Waals surface area contributed by atoms with E-state index >= 15 is 0 Å². The molecule has 0 aliphatic rings. The molecule has 0 heterocycles. The van der Waals surface area contributed by atoms with Gasteiger partial charge in [-0.05, 0) is 42.8 Å². The molecule has 0 saturated heterocycles. The van der Waals surface area contributed by atoms with E-state index in [0.29, 0.717) is 11.0 Å². The minimum atomic E-state index is -0.271. The van der Waals surface area contributed by atoms with Crippen LogP contribution in [0.15, 0.2) is 48.6 Å². The molecule has 1 amide bonds. The Morgan fingerprint density at radius 3 is 2.38 bits per heavy atom. The lowest BCUT2D eigenvalue weighted by molar-refractivity contribution is -0.117. The smallest absolute Gasteiger partial charge is 0.262 e. The summed E-state index contributed by atoms with van der Waals surface area (Å²) in [6.07, 6.45) is 6.67. The van der Waals surface area contributed by atoms with Crippen molar-refractivity contribution in [2.24, 2.45) is 0 Å². The van der Waals surface area contributed by atoms with Crippen LogP contribution in [-0.2, 0) is 4.79 Å². The van der Waals surface area contributed by atoms with Gasteiger partial charge in [0.2, 0.25) is 0 Å². The van der Waals surface area contributed by atoms with Crippen LogP contribution in [0.2, 0.25) is 0 Å². The van der Waals surface area contributed by atoms with Gasteiger partial charge in [-0.25, -0.2) is 0 Å². The molecule has 0 aromatic heterocycles. The molecule has 0 atom stereocenters. The van der Waals surface area contributed by atoms with E-state index in [4.69, 9.17) is 12.2 Å². The van der Waals surface area contributed by atoms with Gasteiger partial charge in [0.15, 0.2) is 5.11 Å². The zero-order chi connectivity index (χ0) is 15.7. The molecule has 0 bridgehead atoms. The number of rotatable bonds is 4. The molecule has 1 aromatic carbocycles. The average molecular weight is 303 g/mol. The Balaban J connectivity index is 2.41. The number of carbonyl (C=O) groups excluding carboxylic acids is 1. The molecule has 1 rings (SSSR count). The van der Waals surface area contributed by atoms with Crippen LogP contribution < -0.4 is 16.2 Å². The summed E-state index contributed by atoms with van der Waals surface area (Å²) in [4.78, 5) is 11.4. The normalized spacial score (nSPS) is 11.0. The van der Waals surface area contributed by atoms with Crippen molar-refractivity contribution in [2.45, 2.75) is 26.7 Å². The van der Waals surface area contributed by atoms with Gasteiger partial charge < -0.3 is 5.32 Å². The number of amides is 1. The fourth-order valence-electron chi connectivity index (χ4n) is 1.53. The van der Waals surface area contributed by atoms with Crippen molar-refractivity contribution in [2.75, 3.05) is 5.32 Å². The van der Waals surface area contributed by atoms with Crippen molar-refractivity contribution in [3.8, 4) is 0 Å². The predicted molar refractivity (Wildman–Crippen MR) is 92.0 cm³/mol. The number of carbonyl (C=O) groups is 1. The zero-order valence-electron chi connectivity index (χ0n) is 12.5. The summed E-state index contributed by atoms with van der Waals surface area (Å²) in [5, 5.41) is 3.33. The summed E-state index contributed by atoms with van der Waals surface area (Å²) >= 11 is 5.10. The van der Waals surface area contributed by atoms with Crippen molar-refractivity contribution in [1.82, 2.24) is 10.9 Å². The van der Waals surface area contributed by atoms with E-state index < -0.39 is 0 Å². The highest BCUT2D eigenvalue weighted by atomic mass is 32.1. The van der Waals surface area contributed by atoms with Crippen LogP contribution in [0.3, 0.4) is 0 Å². The van der Waals surface area contributed by atoms with Gasteiger partial charge in [0.1, 0.15) is 0 Å². The van der Waals surface area contributed by atoms with E-state index in [1.165, 1.54) is 11.6 Å². The van der Waals surface area contributed by atoms with E-state index in [2.05, 4.69) is 30.0 Å². The number of nitrogens with one attached hydrogen (secondary N) is 3. The third-order valence-electron chi connectivity index (χ3n) is 2.69. The van der Waals surface area contributed by atoms with Crippen LogP contribution in [0.25, 0.3) is 0 Å². The summed E-state index contributed by atoms with van der Waals surface area (Å²) in [5.41, 5.74) is 7.26. The minimum absolute atomic E-state index is 0.271. The number of benzene rings is 1. The maximum atomic E-state index is 11.4. The van der Waals surface area contributed by atoms with Gasteiger partial charge in [-0.1, -0.05) is 44.2 Å². The number of thiocarbonyl (C=S) groups is 1. The van der Waals surface area contributed by atoms with Crippen molar-refractivity contribution in [3.63, 3.8) is 0 Å². The monoisotopic (exact) mass is 303 g/mol. The molecule has 0 saturated carbocycles. The Hall–Kier alpha value is -2.14. The highest BCUT2D eigenvalue weighted by Crippen LogP contribution is 2.16. The fraction of sp³-hybridized carbons (Fsp3) is 0.250. The molecule has 4 nitrogen and oxygen atoms in total. The average Bonchev–Trinajstić information content (AvgIpc) is 2.46. The van der Waals surface area contributed by atoms with Crippen LogP contribution >= 0.6 is 12.2 Å². The maximum absolute atomic E-state index is 11.4. The summed E-state index contributed by atoms with van der Waals surface area (Å²) in [5.74, 6) is 0.222. The predicted octanol–water partition coefficient (Wildman–Crippen LogP) is 3.26. The second-order valence-electron chi connectivity index (χ2n) is 4.73. The lowest BCUT2D eigenvalue weighted by atomic mass is 10.0. The minimum Gasteiger partial charge on any atom is -0.331 e. The van der Waals surface area contributed by atoms with Gasteiger partial charge in [0.25, 0.3) is 5.91 Å². The molecular weight excluding hydrogens is 282 g/mol. The number of hydrogen-bond acceptors (Lipinski definition) is 2. The van der Waals surface area contributed by atoms with Crippen LogP contribution in [-0.4, -0.2) is 11.0 Å². The SMILES string of the molecule is C/C=C/C=C/C(=O)NNC(=S)Nc1ccc(C(C)C)cc1. The Morgan fingerprint density at radius 2 is 1.81 bits per heavy atom. The lowest BCUT2D eigenvalue weighted by Gasteiger charge is -2.11. The molecule has 21 heavy (non-hydrogen) atoms. The first-order valence-corrected chi connectivity index (χ1v) is 7.20. The summed E-state index contributed by atoms with van der Waals surface area (Å²) in [6.45, 7) is 6.17. The highest BCUT2D eigenvalue weighted by Gasteiger charge is 2.01. The standard InChI is InChI=1S/C16H21N3OS/c1-4-5-6-7-15(20)18-19-16(21)17-14-10-8-13(9-11-14)12(2)3/h4-12H,1-3H3,(H,18,20)(H2,17,19,21)/b5-4+,7-6+. The van der Waals surface area contributed by atoms with E-state index in [0.717, 1.165) is 5.69 Å². The highest BCUT2D eigenvalue weighted by molar-refractivity contribution is 7.80. The molecule has 1 aromatic rings. The molecule has 0 fully saturated rings. The van der Waals surface area contributed by atoms with E-state index in [-0.39, 0.29) is 5.91 Å². The summed E-state index contributed by atoms with van der Waals surface area (Å²) < 4.78 is 0. The number of hydrazine groups is 1. The summed E-state index contributed by atoms with van der Waals surface area (Å²) in [6, 6.07) is 8.01. The number of anilines is 1. The van der Waals surface area contributed by atoms with Crippen molar-refractivity contribution >= 4 is 28.9 Å². The maximum Gasteiger partial charge on any atom is 0.262 e. The molecule has 112 valence electrons. The van der Waals surface area contributed by atoms with Gasteiger partial charge >= 0.3 is 0 Å². The number of hydrogen-bond donors (Lipinski definition) is 3. The molecule has 0 aliphatic heterocycles. The van der Waals surface area contributed by atoms with Crippen LogP contribution in [0.4, 0.5) is 5.69 Å². The first-order valence-electron chi connectivity index (χ1n) is 6.79. The Morgan fingerprint density at radius 1 is 1.14 bits per heavy atom. The molecule has 0 spiro atoms. The van der Waals surface area contributed by atoms with Gasteiger partial charge in [0, 0.05) is 11.8 Å². The molecule has 0 unspecified atom stereocenters. The molecule has 5 heteroatoms. The lowest BCUT2D eigenvalue weighted by Crippen LogP contribution is -2.43. The van der Waals surface area contributed by atoms with Crippen molar-refractivity contribution in [1.29, 1.82) is 0 Å². The van der Waals surface area contributed by atoms with E-state index in [1.54, 1.807) is 12.2 Å².